The third-order valence-corrected chi connectivity index (χ3v) is 2.99. The third-order valence-electron chi connectivity index (χ3n) is 2.99. The Hall–Kier alpha value is -1.88. The van der Waals surface area contributed by atoms with Crippen LogP contribution in [0.5, 0.6) is 5.75 Å². The van der Waals surface area contributed by atoms with Crippen molar-refractivity contribution in [3.05, 3.63) is 41.6 Å². The lowest BCUT2D eigenvalue weighted by atomic mass is 10.1. The fourth-order valence-corrected chi connectivity index (χ4v) is 1.97. The molecule has 2 rings (SSSR count). The largest absolute Gasteiger partial charge is 0.496 e. The number of hydrogen-bond acceptors (Lipinski definition) is 5. The highest BCUT2D eigenvalue weighted by atomic mass is 16.5. The van der Waals surface area contributed by atoms with Gasteiger partial charge in [-0.15, -0.1) is 10.2 Å². The summed E-state index contributed by atoms with van der Waals surface area (Å²) in [6.45, 7) is 4.03. The molecule has 0 atom stereocenters. The van der Waals surface area contributed by atoms with E-state index >= 15 is 0 Å². The van der Waals surface area contributed by atoms with Gasteiger partial charge >= 0.3 is 0 Å². The summed E-state index contributed by atoms with van der Waals surface area (Å²) in [7, 11) is 1.66. The number of methoxy groups -OCH3 is 1. The number of para-hydroxylation sites is 1. The molecule has 0 aliphatic carbocycles. The summed E-state index contributed by atoms with van der Waals surface area (Å²) in [5.41, 5.74) is 1.05. The first-order valence-corrected chi connectivity index (χ1v) is 6.97. The molecule has 0 unspecified atom stereocenters. The zero-order valence-electron chi connectivity index (χ0n) is 12.1. The lowest BCUT2D eigenvalue weighted by Gasteiger charge is -2.05. The molecule has 108 valence electrons. The highest BCUT2D eigenvalue weighted by molar-refractivity contribution is 5.34. The van der Waals surface area contributed by atoms with Crippen LogP contribution < -0.4 is 10.1 Å². The highest BCUT2D eigenvalue weighted by Crippen LogP contribution is 2.20. The first-order valence-electron chi connectivity index (χ1n) is 6.97. The average molecular weight is 275 g/mol. The quantitative estimate of drug-likeness (QED) is 0.748. The van der Waals surface area contributed by atoms with Crippen LogP contribution in [0.2, 0.25) is 0 Å². The summed E-state index contributed by atoms with van der Waals surface area (Å²) in [6, 6.07) is 7.86. The van der Waals surface area contributed by atoms with Gasteiger partial charge in [0.15, 0.2) is 0 Å². The molecule has 1 heterocycles. The van der Waals surface area contributed by atoms with E-state index in [0.717, 1.165) is 37.2 Å². The summed E-state index contributed by atoms with van der Waals surface area (Å²) in [4.78, 5) is 0. The molecule has 0 saturated carbocycles. The van der Waals surface area contributed by atoms with Crippen molar-refractivity contribution < 1.29 is 9.15 Å². The number of nitrogens with one attached hydrogen (secondary N) is 1. The molecule has 20 heavy (non-hydrogen) atoms. The Labute approximate surface area is 119 Å². The van der Waals surface area contributed by atoms with Crippen LogP contribution in [0.15, 0.2) is 28.7 Å². The fourth-order valence-electron chi connectivity index (χ4n) is 1.97. The maximum Gasteiger partial charge on any atom is 0.221 e. The molecule has 0 aliphatic heterocycles. The van der Waals surface area contributed by atoms with Crippen LogP contribution in [0.4, 0.5) is 0 Å². The maximum atomic E-state index is 5.65. The lowest BCUT2D eigenvalue weighted by Crippen LogP contribution is -2.17. The second kappa shape index (κ2) is 7.65. The standard InChI is InChI=1S/C15H21N3O2/c1-3-9-16-10-8-14-17-18-15(20-14)11-12-6-4-5-7-13(12)19-2/h4-7,16H,3,8-11H2,1-2H3. The van der Waals surface area contributed by atoms with Crippen LogP contribution in [0.25, 0.3) is 0 Å². The van der Waals surface area contributed by atoms with E-state index < -0.39 is 0 Å². The van der Waals surface area contributed by atoms with Gasteiger partial charge in [-0.25, -0.2) is 0 Å². The Morgan fingerprint density at radius 3 is 2.75 bits per heavy atom. The number of aromatic nitrogens is 2. The van der Waals surface area contributed by atoms with Gasteiger partial charge in [0.2, 0.25) is 11.8 Å². The van der Waals surface area contributed by atoms with Gasteiger partial charge in [0.05, 0.1) is 13.5 Å². The second-order valence-corrected chi connectivity index (χ2v) is 4.58. The maximum absolute atomic E-state index is 5.65. The van der Waals surface area contributed by atoms with Crippen LogP contribution in [0, 0.1) is 0 Å². The summed E-state index contributed by atoms with van der Waals surface area (Å²) < 4.78 is 11.0. The SMILES string of the molecule is CCCNCCc1nnc(Cc2ccccc2OC)o1. The number of nitrogens with zero attached hydrogens (tertiary/aromatic N) is 2. The van der Waals surface area contributed by atoms with Crippen LogP contribution in [0.1, 0.15) is 30.7 Å². The molecule has 0 fully saturated rings. The van der Waals surface area contributed by atoms with Crippen molar-refractivity contribution in [2.45, 2.75) is 26.2 Å². The van der Waals surface area contributed by atoms with Gasteiger partial charge in [0.1, 0.15) is 5.75 Å². The average Bonchev–Trinajstić information content (AvgIpc) is 2.92. The van der Waals surface area contributed by atoms with Crippen molar-refractivity contribution in [1.29, 1.82) is 0 Å². The van der Waals surface area contributed by atoms with E-state index in [1.165, 1.54) is 0 Å². The molecular weight excluding hydrogens is 254 g/mol. The van der Waals surface area contributed by atoms with E-state index in [2.05, 4.69) is 22.4 Å². The van der Waals surface area contributed by atoms with E-state index in [9.17, 15) is 0 Å². The number of rotatable bonds is 8. The Balaban J connectivity index is 1.92. The number of ether oxygens (including phenoxy) is 1. The molecule has 5 heteroatoms. The van der Waals surface area contributed by atoms with Gasteiger partial charge in [-0.2, -0.15) is 0 Å². The molecule has 0 bridgehead atoms. The Morgan fingerprint density at radius 1 is 1.15 bits per heavy atom. The monoisotopic (exact) mass is 275 g/mol. The van der Waals surface area contributed by atoms with E-state index in [1.54, 1.807) is 7.11 Å². The van der Waals surface area contributed by atoms with Gasteiger partial charge in [-0.3, -0.25) is 0 Å². The lowest BCUT2D eigenvalue weighted by molar-refractivity contribution is 0.406. The van der Waals surface area contributed by atoms with Gasteiger partial charge in [-0.05, 0) is 19.0 Å². The predicted molar refractivity (Wildman–Crippen MR) is 77.0 cm³/mol. The minimum atomic E-state index is 0.597. The zero-order chi connectivity index (χ0) is 14.2. The fraction of sp³-hybridized carbons (Fsp3) is 0.467. The normalized spacial score (nSPS) is 10.7. The molecule has 0 saturated heterocycles. The summed E-state index contributed by atoms with van der Waals surface area (Å²) in [5.74, 6) is 2.15. The van der Waals surface area contributed by atoms with Crippen molar-refractivity contribution in [1.82, 2.24) is 15.5 Å². The van der Waals surface area contributed by atoms with Crippen LogP contribution in [-0.2, 0) is 12.8 Å². The minimum absolute atomic E-state index is 0.597. The van der Waals surface area contributed by atoms with E-state index in [-0.39, 0.29) is 0 Å². The molecule has 0 amide bonds. The van der Waals surface area contributed by atoms with Gasteiger partial charge < -0.3 is 14.5 Å². The number of benzene rings is 1. The van der Waals surface area contributed by atoms with Crippen LogP contribution in [0.3, 0.4) is 0 Å². The predicted octanol–water partition coefficient (Wildman–Crippen LogP) is 2.21. The van der Waals surface area contributed by atoms with Gasteiger partial charge in [0.25, 0.3) is 0 Å². The topological polar surface area (TPSA) is 60.2 Å². The first kappa shape index (κ1) is 14.5. The molecule has 1 N–H and O–H groups in total. The third kappa shape index (κ3) is 4.06. The second-order valence-electron chi connectivity index (χ2n) is 4.58. The van der Waals surface area contributed by atoms with E-state index in [1.807, 2.05) is 24.3 Å². The molecule has 0 radical (unpaired) electrons. The Kier molecular flexibility index (Phi) is 5.55. The first-order chi connectivity index (χ1) is 9.83. The van der Waals surface area contributed by atoms with E-state index in [0.29, 0.717) is 18.2 Å². The summed E-state index contributed by atoms with van der Waals surface area (Å²) in [6.07, 6.45) is 2.49. The summed E-state index contributed by atoms with van der Waals surface area (Å²) in [5, 5.41) is 11.5. The van der Waals surface area contributed by atoms with Crippen LogP contribution >= 0.6 is 0 Å². The molecule has 2 aromatic rings. The number of hydrogen-bond donors (Lipinski definition) is 1. The Morgan fingerprint density at radius 2 is 1.95 bits per heavy atom. The van der Waals surface area contributed by atoms with Crippen molar-refractivity contribution in [3.8, 4) is 5.75 Å². The smallest absolute Gasteiger partial charge is 0.221 e. The molecule has 5 nitrogen and oxygen atoms in total. The van der Waals surface area contributed by atoms with E-state index in [4.69, 9.17) is 9.15 Å². The van der Waals surface area contributed by atoms with Crippen molar-refractivity contribution >= 4 is 0 Å². The van der Waals surface area contributed by atoms with Crippen molar-refractivity contribution in [2.75, 3.05) is 20.2 Å². The molecule has 1 aromatic carbocycles. The zero-order valence-corrected chi connectivity index (χ0v) is 12.1. The van der Waals surface area contributed by atoms with Gasteiger partial charge in [-0.1, -0.05) is 25.1 Å². The molecule has 0 spiro atoms. The molecule has 1 aromatic heterocycles. The summed E-state index contributed by atoms with van der Waals surface area (Å²) >= 11 is 0. The van der Waals surface area contributed by atoms with Crippen molar-refractivity contribution in [3.63, 3.8) is 0 Å². The molecular formula is C15H21N3O2. The Bertz CT molecular complexity index is 525. The van der Waals surface area contributed by atoms with Crippen LogP contribution in [-0.4, -0.2) is 30.4 Å². The molecule has 0 aliphatic rings. The highest BCUT2D eigenvalue weighted by Gasteiger charge is 2.09. The minimum Gasteiger partial charge on any atom is -0.496 e. The van der Waals surface area contributed by atoms with Gasteiger partial charge in [0, 0.05) is 18.5 Å². The van der Waals surface area contributed by atoms with Crippen molar-refractivity contribution in [2.24, 2.45) is 0 Å².